The molecule has 1 aromatic carbocycles. The summed E-state index contributed by atoms with van der Waals surface area (Å²) in [6, 6.07) is 7.68. The van der Waals surface area contributed by atoms with Crippen LogP contribution in [0.5, 0.6) is 0 Å². The van der Waals surface area contributed by atoms with Crippen molar-refractivity contribution in [2.45, 2.75) is 24.9 Å². The number of benzene rings is 1. The molecule has 4 heteroatoms. The Kier molecular flexibility index (Phi) is 3.61. The monoisotopic (exact) mass is 284 g/mol. The third-order valence-corrected chi connectivity index (χ3v) is 3.50. The van der Waals surface area contributed by atoms with E-state index in [1.54, 1.807) is 0 Å². The Hall–Kier alpha value is -0.870. The summed E-state index contributed by atoms with van der Waals surface area (Å²) in [5.74, 6) is -0.350. The van der Waals surface area contributed by atoms with Crippen LogP contribution >= 0.6 is 15.9 Å². The molecular formula is C12H13BrO3. The number of aliphatic hydroxyl groups is 1. The van der Waals surface area contributed by atoms with E-state index in [4.69, 9.17) is 9.84 Å². The van der Waals surface area contributed by atoms with Crippen molar-refractivity contribution in [3.63, 3.8) is 0 Å². The number of carbonyl (C=O) groups is 1. The van der Waals surface area contributed by atoms with E-state index in [1.165, 1.54) is 0 Å². The Labute approximate surface area is 103 Å². The molecule has 0 spiro atoms. The van der Waals surface area contributed by atoms with Gasteiger partial charge in [0.1, 0.15) is 12.0 Å². The topological polar surface area (TPSA) is 46.5 Å². The normalized spacial score (nSPS) is 23.8. The summed E-state index contributed by atoms with van der Waals surface area (Å²) in [7, 11) is 0. The van der Waals surface area contributed by atoms with Crippen LogP contribution < -0.4 is 0 Å². The fourth-order valence-corrected chi connectivity index (χ4v) is 2.47. The van der Waals surface area contributed by atoms with Gasteiger partial charge in [-0.1, -0.05) is 34.1 Å². The van der Waals surface area contributed by atoms with Gasteiger partial charge in [0, 0.05) is 11.1 Å². The number of halogens is 1. The molecule has 0 aliphatic carbocycles. The van der Waals surface area contributed by atoms with Crippen molar-refractivity contribution in [1.82, 2.24) is 0 Å². The second kappa shape index (κ2) is 4.97. The Morgan fingerprint density at radius 2 is 2.12 bits per heavy atom. The van der Waals surface area contributed by atoms with Crippen molar-refractivity contribution in [3.8, 4) is 0 Å². The largest absolute Gasteiger partial charge is 0.461 e. The molecule has 1 fully saturated rings. The molecule has 1 aliphatic heterocycles. The average molecular weight is 285 g/mol. The number of hydrogen-bond acceptors (Lipinski definition) is 3. The van der Waals surface area contributed by atoms with Crippen LogP contribution in [0.1, 0.15) is 24.3 Å². The first-order chi connectivity index (χ1) is 7.74. The zero-order chi connectivity index (χ0) is 11.5. The minimum Gasteiger partial charge on any atom is -0.461 e. The van der Waals surface area contributed by atoms with Crippen molar-refractivity contribution in [1.29, 1.82) is 0 Å². The molecule has 1 aromatic rings. The maximum Gasteiger partial charge on any atom is 0.317 e. The third kappa shape index (κ3) is 2.13. The summed E-state index contributed by atoms with van der Waals surface area (Å²) in [4.78, 5) is 11.5. The van der Waals surface area contributed by atoms with Crippen LogP contribution in [0.25, 0.3) is 0 Å². The predicted octanol–water partition coefficient (Wildman–Crippen LogP) is 2.23. The number of hydrogen-bond donors (Lipinski definition) is 1. The Bertz CT molecular complexity index is 392. The second-order valence-corrected chi connectivity index (χ2v) is 4.69. The summed E-state index contributed by atoms with van der Waals surface area (Å²) in [6.07, 6.45) is 1.30. The standard InChI is InChI=1S/C12H13BrO3/c13-9-5-2-1-4-8(9)11-10(6-3-7-14)16-12(11)15/h1-2,4-5,10-11,14H,3,6-7H2. The number of aliphatic hydroxyl groups excluding tert-OH is 1. The van der Waals surface area contributed by atoms with Crippen molar-refractivity contribution < 1.29 is 14.6 Å². The fraction of sp³-hybridized carbons (Fsp3) is 0.417. The molecule has 1 aliphatic rings. The lowest BCUT2D eigenvalue weighted by Crippen LogP contribution is -2.43. The molecule has 0 amide bonds. The quantitative estimate of drug-likeness (QED) is 0.863. The van der Waals surface area contributed by atoms with Crippen LogP contribution in [0, 0.1) is 0 Å². The minimum absolute atomic E-state index is 0.0849. The van der Waals surface area contributed by atoms with E-state index in [2.05, 4.69) is 15.9 Å². The van der Waals surface area contributed by atoms with Gasteiger partial charge in [0.15, 0.2) is 0 Å². The molecule has 0 saturated carbocycles. The average Bonchev–Trinajstić information content (AvgIpc) is 2.27. The van der Waals surface area contributed by atoms with Gasteiger partial charge in [-0.3, -0.25) is 4.79 Å². The number of ether oxygens (including phenoxy) is 1. The molecular weight excluding hydrogens is 272 g/mol. The van der Waals surface area contributed by atoms with E-state index in [0.717, 1.165) is 10.0 Å². The first-order valence-corrected chi connectivity index (χ1v) is 6.09. The van der Waals surface area contributed by atoms with Crippen LogP contribution in [-0.2, 0) is 9.53 Å². The summed E-state index contributed by atoms with van der Waals surface area (Å²) in [5.41, 5.74) is 0.974. The van der Waals surface area contributed by atoms with Crippen molar-refractivity contribution >= 4 is 21.9 Å². The van der Waals surface area contributed by atoms with E-state index < -0.39 is 0 Å². The molecule has 0 aromatic heterocycles. The maximum absolute atomic E-state index is 11.5. The van der Waals surface area contributed by atoms with E-state index in [-0.39, 0.29) is 24.6 Å². The van der Waals surface area contributed by atoms with Gasteiger partial charge in [-0.25, -0.2) is 0 Å². The molecule has 1 saturated heterocycles. The number of cyclic esters (lactones) is 1. The highest BCUT2D eigenvalue weighted by atomic mass is 79.9. The fourth-order valence-electron chi connectivity index (χ4n) is 1.94. The summed E-state index contributed by atoms with van der Waals surface area (Å²) in [6.45, 7) is 0.136. The Balaban J connectivity index is 2.13. The molecule has 2 atom stereocenters. The second-order valence-electron chi connectivity index (χ2n) is 3.84. The number of rotatable bonds is 4. The van der Waals surface area contributed by atoms with Crippen LogP contribution in [0.3, 0.4) is 0 Å². The number of esters is 1. The van der Waals surface area contributed by atoms with Crippen molar-refractivity contribution in [3.05, 3.63) is 34.3 Å². The lowest BCUT2D eigenvalue weighted by Gasteiger charge is -2.35. The van der Waals surface area contributed by atoms with Gasteiger partial charge in [0.2, 0.25) is 0 Å². The first kappa shape index (κ1) is 11.6. The van der Waals surface area contributed by atoms with E-state index in [0.29, 0.717) is 12.8 Å². The zero-order valence-electron chi connectivity index (χ0n) is 8.73. The molecule has 86 valence electrons. The van der Waals surface area contributed by atoms with Gasteiger partial charge in [-0.05, 0) is 24.5 Å². The van der Waals surface area contributed by atoms with Crippen LogP contribution in [-0.4, -0.2) is 23.8 Å². The predicted molar refractivity (Wildman–Crippen MR) is 63.1 cm³/mol. The highest BCUT2D eigenvalue weighted by molar-refractivity contribution is 9.10. The Morgan fingerprint density at radius 1 is 1.38 bits per heavy atom. The van der Waals surface area contributed by atoms with Gasteiger partial charge in [-0.2, -0.15) is 0 Å². The van der Waals surface area contributed by atoms with Crippen molar-refractivity contribution in [2.75, 3.05) is 6.61 Å². The molecule has 2 unspecified atom stereocenters. The lowest BCUT2D eigenvalue weighted by molar-refractivity contribution is -0.176. The number of carbonyl (C=O) groups excluding carboxylic acids is 1. The van der Waals surface area contributed by atoms with Crippen LogP contribution in [0.4, 0.5) is 0 Å². The molecule has 3 nitrogen and oxygen atoms in total. The highest BCUT2D eigenvalue weighted by Gasteiger charge is 2.43. The molecule has 1 N–H and O–H groups in total. The molecule has 0 bridgehead atoms. The van der Waals surface area contributed by atoms with Crippen molar-refractivity contribution in [2.24, 2.45) is 0 Å². The van der Waals surface area contributed by atoms with E-state index in [9.17, 15) is 4.79 Å². The molecule has 16 heavy (non-hydrogen) atoms. The van der Waals surface area contributed by atoms with Gasteiger partial charge < -0.3 is 9.84 Å². The Morgan fingerprint density at radius 3 is 2.75 bits per heavy atom. The maximum atomic E-state index is 11.5. The summed E-state index contributed by atoms with van der Waals surface area (Å²) < 4.78 is 6.03. The molecule has 0 radical (unpaired) electrons. The smallest absolute Gasteiger partial charge is 0.317 e. The zero-order valence-corrected chi connectivity index (χ0v) is 10.3. The third-order valence-electron chi connectivity index (χ3n) is 2.78. The van der Waals surface area contributed by atoms with Gasteiger partial charge in [0.05, 0.1) is 0 Å². The van der Waals surface area contributed by atoms with Gasteiger partial charge in [0.25, 0.3) is 0 Å². The highest BCUT2D eigenvalue weighted by Crippen LogP contribution is 2.38. The van der Waals surface area contributed by atoms with E-state index in [1.807, 2.05) is 24.3 Å². The molecule has 2 rings (SSSR count). The van der Waals surface area contributed by atoms with E-state index >= 15 is 0 Å². The summed E-state index contributed by atoms with van der Waals surface area (Å²) in [5, 5.41) is 8.76. The van der Waals surface area contributed by atoms with Gasteiger partial charge >= 0.3 is 5.97 Å². The lowest BCUT2D eigenvalue weighted by atomic mass is 9.86. The minimum atomic E-state index is -0.179. The summed E-state index contributed by atoms with van der Waals surface area (Å²) >= 11 is 3.44. The SMILES string of the molecule is O=C1OC(CCCO)C1c1ccccc1Br. The van der Waals surface area contributed by atoms with Crippen LogP contribution in [0.15, 0.2) is 28.7 Å². The van der Waals surface area contributed by atoms with Crippen LogP contribution in [0.2, 0.25) is 0 Å². The first-order valence-electron chi connectivity index (χ1n) is 5.30. The molecule has 1 heterocycles. The van der Waals surface area contributed by atoms with Gasteiger partial charge in [-0.15, -0.1) is 0 Å².